The fraction of sp³-hybridized carbons (Fsp3) is 0.467. The summed E-state index contributed by atoms with van der Waals surface area (Å²) in [5.74, 6) is -1.91. The van der Waals surface area contributed by atoms with Gasteiger partial charge in [-0.05, 0) is 37.0 Å². The van der Waals surface area contributed by atoms with E-state index in [-0.39, 0.29) is 18.4 Å². The lowest BCUT2D eigenvalue weighted by Gasteiger charge is -2.27. The van der Waals surface area contributed by atoms with E-state index in [0.717, 1.165) is 0 Å². The molecule has 120 valence electrons. The monoisotopic (exact) mass is 345 g/mol. The number of halogens is 2. The predicted molar refractivity (Wildman–Crippen MR) is 83.5 cm³/mol. The van der Waals surface area contributed by atoms with E-state index in [0.29, 0.717) is 41.7 Å². The zero-order valence-electron chi connectivity index (χ0n) is 11.9. The molecule has 0 bridgehead atoms. The third-order valence-electron chi connectivity index (χ3n) is 3.76. The zero-order chi connectivity index (χ0) is 16.1. The van der Waals surface area contributed by atoms with E-state index in [2.05, 4.69) is 5.32 Å². The topological polar surface area (TPSA) is 75.6 Å². The maximum Gasteiger partial charge on any atom is 0.308 e. The van der Waals surface area contributed by atoms with Crippen LogP contribution in [0.2, 0.25) is 10.0 Å². The Bertz CT molecular complexity index is 538. The molecule has 1 aromatic carbocycles. The molecule has 0 aromatic heterocycles. The fourth-order valence-electron chi connectivity index (χ4n) is 2.56. The van der Waals surface area contributed by atoms with Crippen molar-refractivity contribution in [3.63, 3.8) is 0 Å². The van der Waals surface area contributed by atoms with E-state index in [1.54, 1.807) is 0 Å². The van der Waals surface area contributed by atoms with Crippen LogP contribution in [0.1, 0.15) is 23.2 Å². The van der Waals surface area contributed by atoms with Crippen molar-refractivity contribution < 1.29 is 19.4 Å². The van der Waals surface area contributed by atoms with Crippen LogP contribution in [-0.4, -0.2) is 36.7 Å². The van der Waals surface area contributed by atoms with Crippen molar-refractivity contribution in [2.24, 2.45) is 11.8 Å². The third-order valence-corrected chi connectivity index (χ3v) is 4.20. The van der Waals surface area contributed by atoms with Gasteiger partial charge >= 0.3 is 5.97 Å². The van der Waals surface area contributed by atoms with Crippen molar-refractivity contribution in [3.8, 4) is 0 Å². The molecule has 7 heteroatoms. The summed E-state index contributed by atoms with van der Waals surface area (Å²) in [6.07, 6.45) is 1.38. The van der Waals surface area contributed by atoms with Gasteiger partial charge in [-0.25, -0.2) is 0 Å². The Morgan fingerprint density at radius 2 is 1.82 bits per heavy atom. The summed E-state index contributed by atoms with van der Waals surface area (Å²) < 4.78 is 5.24. The number of rotatable bonds is 5. The van der Waals surface area contributed by atoms with Crippen LogP contribution in [0.3, 0.4) is 0 Å². The van der Waals surface area contributed by atoms with E-state index in [9.17, 15) is 14.7 Å². The van der Waals surface area contributed by atoms with Crippen LogP contribution >= 0.6 is 23.2 Å². The Morgan fingerprint density at radius 3 is 2.36 bits per heavy atom. The first kappa shape index (κ1) is 17.1. The van der Waals surface area contributed by atoms with E-state index in [1.165, 1.54) is 18.2 Å². The number of aliphatic carboxylic acids is 1. The van der Waals surface area contributed by atoms with Crippen LogP contribution < -0.4 is 5.32 Å². The van der Waals surface area contributed by atoms with Crippen LogP contribution in [0, 0.1) is 11.8 Å². The average Bonchev–Trinajstić information content (AvgIpc) is 2.47. The summed E-state index contributed by atoms with van der Waals surface area (Å²) >= 11 is 11.7. The standard InChI is InChI=1S/C15H17Cl2NO4/c16-11-5-10(6-12(17)7-11)14(19)18-8-13(15(20)21)9-1-3-22-4-2-9/h5-7,9,13H,1-4,8H2,(H,18,19)(H,20,21). The number of carbonyl (C=O) groups is 2. The highest BCUT2D eigenvalue weighted by Gasteiger charge is 2.30. The minimum absolute atomic E-state index is 0.00880. The first-order valence-corrected chi connectivity index (χ1v) is 7.78. The molecule has 0 radical (unpaired) electrons. The SMILES string of the molecule is O=C(NCC(C(=O)O)C1CCOCC1)c1cc(Cl)cc(Cl)c1. The summed E-state index contributed by atoms with van der Waals surface area (Å²) in [5.41, 5.74) is 0.314. The first-order valence-electron chi connectivity index (χ1n) is 7.02. The van der Waals surface area contributed by atoms with Crippen molar-refractivity contribution in [3.05, 3.63) is 33.8 Å². The van der Waals surface area contributed by atoms with Gasteiger partial charge < -0.3 is 15.2 Å². The van der Waals surface area contributed by atoms with Crippen LogP contribution in [0.25, 0.3) is 0 Å². The molecule has 1 aromatic rings. The summed E-state index contributed by atoms with van der Waals surface area (Å²) in [7, 11) is 0. The Kier molecular flexibility index (Phi) is 6.06. The largest absolute Gasteiger partial charge is 0.481 e. The third kappa shape index (κ3) is 4.60. The molecule has 0 spiro atoms. The number of hydrogen-bond donors (Lipinski definition) is 2. The molecule has 1 aliphatic rings. The van der Waals surface area contributed by atoms with Crippen molar-refractivity contribution in [1.82, 2.24) is 5.32 Å². The van der Waals surface area contributed by atoms with Crippen molar-refractivity contribution in [2.45, 2.75) is 12.8 Å². The van der Waals surface area contributed by atoms with Crippen LogP contribution in [-0.2, 0) is 9.53 Å². The molecular weight excluding hydrogens is 329 g/mol. The van der Waals surface area contributed by atoms with Gasteiger partial charge in [0.25, 0.3) is 5.91 Å². The lowest BCUT2D eigenvalue weighted by atomic mass is 9.86. The zero-order valence-corrected chi connectivity index (χ0v) is 13.4. The lowest BCUT2D eigenvalue weighted by molar-refractivity contribution is -0.144. The van der Waals surface area contributed by atoms with Crippen LogP contribution in [0.15, 0.2) is 18.2 Å². The number of carbonyl (C=O) groups excluding carboxylic acids is 1. The van der Waals surface area contributed by atoms with E-state index in [1.807, 2.05) is 0 Å². The highest BCUT2D eigenvalue weighted by Crippen LogP contribution is 2.24. The number of hydrogen-bond acceptors (Lipinski definition) is 3. The number of benzene rings is 1. The van der Waals surface area contributed by atoms with Gasteiger partial charge in [0.05, 0.1) is 5.92 Å². The number of amides is 1. The second-order valence-corrected chi connectivity index (χ2v) is 6.14. The van der Waals surface area contributed by atoms with Crippen molar-refractivity contribution in [2.75, 3.05) is 19.8 Å². The molecule has 0 saturated carbocycles. The molecule has 1 atom stereocenters. The number of ether oxygens (including phenoxy) is 1. The Balaban J connectivity index is 1.99. The fourth-order valence-corrected chi connectivity index (χ4v) is 3.09. The van der Waals surface area contributed by atoms with Gasteiger partial charge in [-0.3, -0.25) is 9.59 Å². The van der Waals surface area contributed by atoms with E-state index < -0.39 is 11.9 Å². The van der Waals surface area contributed by atoms with Gasteiger partial charge in [-0.2, -0.15) is 0 Å². The molecule has 1 aliphatic heterocycles. The summed E-state index contributed by atoms with van der Waals surface area (Å²) in [6, 6.07) is 4.52. The molecule has 1 unspecified atom stereocenters. The quantitative estimate of drug-likeness (QED) is 0.860. The molecule has 5 nitrogen and oxygen atoms in total. The summed E-state index contributed by atoms with van der Waals surface area (Å²) in [6.45, 7) is 1.20. The minimum Gasteiger partial charge on any atom is -0.481 e. The smallest absolute Gasteiger partial charge is 0.308 e. The molecule has 1 heterocycles. The average molecular weight is 346 g/mol. The highest BCUT2D eigenvalue weighted by molar-refractivity contribution is 6.35. The Hall–Kier alpha value is -1.30. The van der Waals surface area contributed by atoms with Gasteiger partial charge in [-0.15, -0.1) is 0 Å². The second-order valence-electron chi connectivity index (χ2n) is 5.26. The molecule has 2 N–H and O–H groups in total. The second kappa shape index (κ2) is 7.81. The van der Waals surface area contributed by atoms with Gasteiger partial charge in [0.2, 0.25) is 0 Å². The molecule has 1 fully saturated rings. The Morgan fingerprint density at radius 1 is 1.23 bits per heavy atom. The normalized spacial score (nSPS) is 17.0. The van der Waals surface area contributed by atoms with Gasteiger partial charge in [-0.1, -0.05) is 23.2 Å². The van der Waals surface area contributed by atoms with Gasteiger partial charge in [0.1, 0.15) is 0 Å². The van der Waals surface area contributed by atoms with E-state index >= 15 is 0 Å². The number of carboxylic acids is 1. The van der Waals surface area contributed by atoms with Gasteiger partial charge in [0.15, 0.2) is 0 Å². The molecule has 1 saturated heterocycles. The number of carboxylic acid groups (broad SMARTS) is 1. The van der Waals surface area contributed by atoms with Crippen molar-refractivity contribution >= 4 is 35.1 Å². The first-order chi connectivity index (χ1) is 10.5. The lowest BCUT2D eigenvalue weighted by Crippen LogP contribution is -2.39. The van der Waals surface area contributed by atoms with E-state index in [4.69, 9.17) is 27.9 Å². The molecule has 0 aliphatic carbocycles. The van der Waals surface area contributed by atoms with Crippen LogP contribution in [0.4, 0.5) is 0 Å². The molecule has 1 amide bonds. The minimum atomic E-state index is -0.906. The molecule has 22 heavy (non-hydrogen) atoms. The van der Waals surface area contributed by atoms with Crippen molar-refractivity contribution in [1.29, 1.82) is 0 Å². The highest BCUT2D eigenvalue weighted by atomic mass is 35.5. The molecular formula is C15H17Cl2NO4. The predicted octanol–water partition coefficient (Wildman–Crippen LogP) is 2.85. The van der Waals surface area contributed by atoms with Crippen LogP contribution in [0.5, 0.6) is 0 Å². The summed E-state index contributed by atoms with van der Waals surface area (Å²) in [5, 5.41) is 12.7. The van der Waals surface area contributed by atoms with Gasteiger partial charge in [0, 0.05) is 35.4 Å². The molecule has 2 rings (SSSR count). The Labute approximate surface area is 138 Å². The summed E-state index contributed by atoms with van der Waals surface area (Å²) in [4.78, 5) is 23.5. The maximum atomic E-state index is 12.1. The maximum absolute atomic E-state index is 12.1. The number of nitrogens with one attached hydrogen (secondary N) is 1.